The first-order valence-corrected chi connectivity index (χ1v) is 8.38. The maximum atomic E-state index is 5.85. The second-order valence-electron chi connectivity index (χ2n) is 7.29. The van der Waals surface area contributed by atoms with E-state index in [0.29, 0.717) is 18.0 Å². The van der Waals surface area contributed by atoms with Gasteiger partial charge in [0.25, 0.3) is 0 Å². The first-order chi connectivity index (χ1) is 9.95. The number of nitrogens with zero attached hydrogens (tertiary/aromatic N) is 2. The van der Waals surface area contributed by atoms with Crippen LogP contribution in [0.25, 0.3) is 0 Å². The van der Waals surface area contributed by atoms with Crippen LogP contribution in [-0.2, 0) is 13.0 Å². The highest BCUT2D eigenvalue weighted by atomic mass is 15.2. The zero-order valence-electron chi connectivity index (χ0n) is 14.2. The number of pyridine rings is 1. The Labute approximate surface area is 129 Å². The highest BCUT2D eigenvalue weighted by Gasteiger charge is 2.29. The molecule has 0 amide bonds. The van der Waals surface area contributed by atoms with Crippen molar-refractivity contribution >= 4 is 5.82 Å². The Bertz CT molecular complexity index is 458. The van der Waals surface area contributed by atoms with Crippen LogP contribution in [0.2, 0.25) is 0 Å². The van der Waals surface area contributed by atoms with Crippen molar-refractivity contribution in [2.24, 2.45) is 11.1 Å². The number of nitrogens with two attached hydrogens (primary N) is 1. The lowest BCUT2D eigenvalue weighted by Crippen LogP contribution is -2.37. The zero-order chi connectivity index (χ0) is 15.5. The van der Waals surface area contributed by atoms with Gasteiger partial charge in [-0.3, -0.25) is 0 Å². The molecule has 0 spiro atoms. The molecule has 0 unspecified atom stereocenters. The van der Waals surface area contributed by atoms with Crippen molar-refractivity contribution in [1.29, 1.82) is 0 Å². The van der Waals surface area contributed by atoms with Gasteiger partial charge in [0, 0.05) is 25.3 Å². The third-order valence-corrected chi connectivity index (χ3v) is 4.88. The van der Waals surface area contributed by atoms with Gasteiger partial charge < -0.3 is 10.6 Å². The Morgan fingerprint density at radius 3 is 2.52 bits per heavy atom. The maximum absolute atomic E-state index is 5.85. The monoisotopic (exact) mass is 289 g/mol. The van der Waals surface area contributed by atoms with Crippen LogP contribution in [0.5, 0.6) is 0 Å². The summed E-state index contributed by atoms with van der Waals surface area (Å²) in [4.78, 5) is 7.24. The lowest BCUT2D eigenvalue weighted by molar-refractivity contribution is 0.222. The van der Waals surface area contributed by atoms with Crippen molar-refractivity contribution in [1.82, 2.24) is 4.98 Å². The molecule has 1 aromatic heterocycles. The molecule has 0 radical (unpaired) electrons. The average molecular weight is 289 g/mol. The minimum atomic E-state index is 0.511. The molecule has 21 heavy (non-hydrogen) atoms. The molecule has 3 nitrogen and oxygen atoms in total. The lowest BCUT2D eigenvalue weighted by atomic mass is 9.75. The predicted molar refractivity (Wildman–Crippen MR) is 90.6 cm³/mol. The highest BCUT2D eigenvalue weighted by Crippen LogP contribution is 2.37. The van der Waals surface area contributed by atoms with Crippen molar-refractivity contribution in [3.63, 3.8) is 0 Å². The zero-order valence-corrected chi connectivity index (χ0v) is 14.2. The van der Waals surface area contributed by atoms with E-state index >= 15 is 0 Å². The van der Waals surface area contributed by atoms with Gasteiger partial charge in [-0.25, -0.2) is 4.98 Å². The molecule has 0 aromatic carbocycles. The Kier molecular flexibility index (Phi) is 5.26. The fraction of sp³-hybridized carbons (Fsp3) is 0.722. The SMILES string of the molecule is CCCc1cc(CN)cc(N(C)C2CCC(C)(C)CC2)n1. The number of hydrogen-bond acceptors (Lipinski definition) is 3. The number of rotatable bonds is 5. The van der Waals surface area contributed by atoms with E-state index in [4.69, 9.17) is 10.7 Å². The van der Waals surface area contributed by atoms with Crippen LogP contribution in [-0.4, -0.2) is 18.1 Å². The fourth-order valence-electron chi connectivity index (χ4n) is 3.27. The van der Waals surface area contributed by atoms with E-state index in [1.165, 1.54) is 36.9 Å². The molecular formula is C18H31N3. The number of hydrogen-bond donors (Lipinski definition) is 1. The minimum absolute atomic E-state index is 0.511. The van der Waals surface area contributed by atoms with Gasteiger partial charge in [-0.1, -0.05) is 27.2 Å². The second-order valence-corrected chi connectivity index (χ2v) is 7.29. The molecule has 2 N–H and O–H groups in total. The van der Waals surface area contributed by atoms with Crippen molar-refractivity contribution in [2.45, 2.75) is 71.9 Å². The largest absolute Gasteiger partial charge is 0.357 e. The Hall–Kier alpha value is -1.09. The number of aryl methyl sites for hydroxylation is 1. The van der Waals surface area contributed by atoms with Crippen molar-refractivity contribution in [3.05, 3.63) is 23.4 Å². The smallest absolute Gasteiger partial charge is 0.129 e. The molecule has 1 aliphatic carbocycles. The summed E-state index contributed by atoms with van der Waals surface area (Å²) in [5, 5.41) is 0. The van der Waals surface area contributed by atoms with Gasteiger partial charge in [0.15, 0.2) is 0 Å². The topological polar surface area (TPSA) is 42.1 Å². The van der Waals surface area contributed by atoms with Crippen LogP contribution in [0.1, 0.15) is 64.1 Å². The fourth-order valence-corrected chi connectivity index (χ4v) is 3.27. The van der Waals surface area contributed by atoms with E-state index in [1.807, 2.05) is 0 Å². The van der Waals surface area contributed by atoms with Crippen LogP contribution in [0.15, 0.2) is 12.1 Å². The van der Waals surface area contributed by atoms with E-state index in [9.17, 15) is 0 Å². The summed E-state index contributed by atoms with van der Waals surface area (Å²) in [6.45, 7) is 7.56. The van der Waals surface area contributed by atoms with E-state index < -0.39 is 0 Å². The molecule has 1 saturated carbocycles. The van der Waals surface area contributed by atoms with Gasteiger partial charge in [-0.05, 0) is 55.2 Å². The quantitative estimate of drug-likeness (QED) is 0.894. The van der Waals surface area contributed by atoms with E-state index in [1.54, 1.807) is 0 Å². The molecule has 0 saturated heterocycles. The van der Waals surface area contributed by atoms with E-state index in [0.717, 1.165) is 18.7 Å². The Balaban J connectivity index is 2.14. The standard InChI is InChI=1S/C18H31N3/c1-5-6-15-11-14(13-19)12-17(20-15)21(4)16-7-9-18(2,3)10-8-16/h11-12,16H,5-10,13,19H2,1-4H3. The minimum Gasteiger partial charge on any atom is -0.357 e. The summed E-state index contributed by atoms with van der Waals surface area (Å²) in [6.07, 6.45) is 7.30. The van der Waals surface area contributed by atoms with Crippen LogP contribution in [0, 0.1) is 5.41 Å². The van der Waals surface area contributed by atoms with Gasteiger partial charge in [0.05, 0.1) is 0 Å². The molecule has 2 rings (SSSR count). The van der Waals surface area contributed by atoms with Gasteiger partial charge >= 0.3 is 0 Å². The van der Waals surface area contributed by atoms with Gasteiger partial charge in [0.1, 0.15) is 5.82 Å². The maximum Gasteiger partial charge on any atom is 0.129 e. The van der Waals surface area contributed by atoms with Crippen LogP contribution in [0.3, 0.4) is 0 Å². The average Bonchev–Trinajstić information content (AvgIpc) is 2.46. The van der Waals surface area contributed by atoms with Crippen molar-refractivity contribution < 1.29 is 0 Å². The summed E-state index contributed by atoms with van der Waals surface area (Å²) in [5.41, 5.74) is 8.74. The summed E-state index contributed by atoms with van der Waals surface area (Å²) >= 11 is 0. The Morgan fingerprint density at radius 1 is 1.29 bits per heavy atom. The summed E-state index contributed by atoms with van der Waals surface area (Å²) in [5.74, 6) is 1.10. The first-order valence-electron chi connectivity index (χ1n) is 8.38. The second kappa shape index (κ2) is 6.78. The molecule has 1 aliphatic rings. The molecule has 1 heterocycles. The third-order valence-electron chi connectivity index (χ3n) is 4.88. The summed E-state index contributed by atoms with van der Waals surface area (Å²) in [7, 11) is 2.20. The van der Waals surface area contributed by atoms with Crippen molar-refractivity contribution in [2.75, 3.05) is 11.9 Å². The first kappa shape index (κ1) is 16.3. The molecular weight excluding hydrogens is 258 g/mol. The molecule has 3 heteroatoms. The Morgan fingerprint density at radius 2 is 1.95 bits per heavy atom. The molecule has 0 atom stereocenters. The molecule has 0 bridgehead atoms. The van der Waals surface area contributed by atoms with Gasteiger partial charge in [-0.2, -0.15) is 0 Å². The van der Waals surface area contributed by atoms with E-state index in [-0.39, 0.29) is 0 Å². The van der Waals surface area contributed by atoms with E-state index in [2.05, 4.69) is 44.9 Å². The van der Waals surface area contributed by atoms with Crippen LogP contribution >= 0.6 is 0 Å². The van der Waals surface area contributed by atoms with Crippen molar-refractivity contribution in [3.8, 4) is 0 Å². The van der Waals surface area contributed by atoms with Gasteiger partial charge in [-0.15, -0.1) is 0 Å². The lowest BCUT2D eigenvalue weighted by Gasteiger charge is -2.39. The molecule has 1 aromatic rings. The molecule has 0 aliphatic heterocycles. The number of aromatic nitrogens is 1. The predicted octanol–water partition coefficient (Wildman–Crippen LogP) is 3.90. The normalized spacial score (nSPS) is 18.7. The van der Waals surface area contributed by atoms with Gasteiger partial charge in [0.2, 0.25) is 0 Å². The number of anilines is 1. The van der Waals surface area contributed by atoms with Crippen LogP contribution < -0.4 is 10.6 Å². The molecule has 118 valence electrons. The summed E-state index contributed by atoms with van der Waals surface area (Å²) in [6, 6.07) is 4.94. The highest BCUT2D eigenvalue weighted by molar-refractivity contribution is 5.43. The molecule has 1 fully saturated rings. The van der Waals surface area contributed by atoms with Crippen LogP contribution in [0.4, 0.5) is 5.82 Å². The third kappa shape index (κ3) is 4.19. The summed E-state index contributed by atoms with van der Waals surface area (Å²) < 4.78 is 0.